The molecule has 2 bridgehead atoms. The third-order valence-electron chi connectivity index (χ3n) is 6.66. The molecule has 1 saturated heterocycles. The van der Waals surface area contributed by atoms with Crippen LogP contribution in [0.15, 0.2) is 24.3 Å². The summed E-state index contributed by atoms with van der Waals surface area (Å²) in [5, 5.41) is 3.05. The van der Waals surface area contributed by atoms with Crippen molar-refractivity contribution >= 4 is 11.8 Å². The second kappa shape index (κ2) is 7.84. The van der Waals surface area contributed by atoms with Crippen molar-refractivity contribution < 1.29 is 14.3 Å². The quantitative estimate of drug-likeness (QED) is 0.829. The van der Waals surface area contributed by atoms with Gasteiger partial charge in [-0.25, -0.2) is 0 Å². The predicted molar refractivity (Wildman–Crippen MR) is 106 cm³/mol. The number of hydrogen-bond acceptors (Lipinski definition) is 4. The summed E-state index contributed by atoms with van der Waals surface area (Å²) >= 11 is 0. The molecule has 6 nitrogen and oxygen atoms in total. The van der Waals surface area contributed by atoms with Crippen LogP contribution in [0.3, 0.4) is 0 Å². The van der Waals surface area contributed by atoms with E-state index >= 15 is 0 Å². The maximum absolute atomic E-state index is 12.7. The zero-order valence-corrected chi connectivity index (χ0v) is 16.8. The van der Waals surface area contributed by atoms with Crippen LogP contribution in [-0.4, -0.2) is 48.1 Å². The molecule has 152 valence electrons. The van der Waals surface area contributed by atoms with Gasteiger partial charge in [0, 0.05) is 31.2 Å². The minimum absolute atomic E-state index is 0.0112. The highest BCUT2D eigenvalue weighted by Crippen LogP contribution is 2.47. The Bertz CT molecular complexity index is 723. The van der Waals surface area contributed by atoms with Gasteiger partial charge in [-0.2, -0.15) is 0 Å². The summed E-state index contributed by atoms with van der Waals surface area (Å²) in [6.07, 6.45) is 3.52. The van der Waals surface area contributed by atoms with Gasteiger partial charge >= 0.3 is 0 Å². The monoisotopic (exact) mass is 385 g/mol. The molecule has 3 fully saturated rings. The van der Waals surface area contributed by atoms with Gasteiger partial charge in [0.25, 0.3) is 5.91 Å². The molecular weight excluding hydrogens is 354 g/mol. The molecule has 6 unspecified atom stereocenters. The van der Waals surface area contributed by atoms with Crippen LogP contribution in [0.1, 0.15) is 49.0 Å². The minimum atomic E-state index is -0.0371. The number of fused-ring (bicyclic) bond motifs is 2. The van der Waals surface area contributed by atoms with Crippen LogP contribution >= 0.6 is 0 Å². The van der Waals surface area contributed by atoms with E-state index in [9.17, 15) is 9.59 Å². The number of rotatable bonds is 4. The zero-order valence-electron chi connectivity index (χ0n) is 16.8. The number of hydrogen-bond donors (Lipinski definition) is 2. The summed E-state index contributed by atoms with van der Waals surface area (Å²) in [5.74, 6) is 1.06. The van der Waals surface area contributed by atoms with Crippen LogP contribution in [0.25, 0.3) is 0 Å². The first-order valence-corrected chi connectivity index (χ1v) is 10.5. The van der Waals surface area contributed by atoms with Crippen molar-refractivity contribution in [3.8, 4) is 0 Å². The topological polar surface area (TPSA) is 84.7 Å². The Morgan fingerprint density at radius 3 is 2.36 bits per heavy atom. The van der Waals surface area contributed by atoms with Crippen molar-refractivity contribution in [2.75, 3.05) is 13.1 Å². The number of nitrogens with two attached hydrogens (primary N) is 1. The molecule has 1 aliphatic heterocycles. The molecule has 0 radical (unpaired) electrons. The number of ether oxygens (including phenoxy) is 1. The fourth-order valence-electron chi connectivity index (χ4n) is 5.32. The summed E-state index contributed by atoms with van der Waals surface area (Å²) in [4.78, 5) is 27.2. The maximum atomic E-state index is 12.7. The molecule has 2 aliphatic carbocycles. The molecule has 1 aromatic carbocycles. The third kappa shape index (κ3) is 3.80. The lowest BCUT2D eigenvalue weighted by molar-refractivity contribution is -0.127. The molecule has 28 heavy (non-hydrogen) atoms. The Balaban J connectivity index is 1.32. The lowest BCUT2D eigenvalue weighted by Gasteiger charge is -2.35. The van der Waals surface area contributed by atoms with Crippen LogP contribution in [0.5, 0.6) is 0 Å². The highest BCUT2D eigenvalue weighted by Gasteiger charge is 2.48. The van der Waals surface area contributed by atoms with Crippen LogP contribution < -0.4 is 11.1 Å². The number of nitrogens with one attached hydrogen (secondary N) is 1. The van der Waals surface area contributed by atoms with Crippen LogP contribution in [-0.2, 0) is 16.1 Å². The number of carbonyl (C=O) groups is 2. The molecule has 2 amide bonds. The van der Waals surface area contributed by atoms with E-state index in [1.807, 2.05) is 43.0 Å². The van der Waals surface area contributed by atoms with Gasteiger partial charge < -0.3 is 20.7 Å². The Morgan fingerprint density at radius 2 is 1.75 bits per heavy atom. The molecular formula is C22H31N3O3. The molecule has 1 aromatic rings. The number of nitrogens with zero attached hydrogens (tertiary/aromatic N) is 1. The Labute approximate surface area is 166 Å². The van der Waals surface area contributed by atoms with Gasteiger partial charge in [-0.05, 0) is 62.6 Å². The number of carbonyl (C=O) groups excluding carboxylic acids is 2. The predicted octanol–water partition coefficient (Wildman–Crippen LogP) is 1.93. The Hall–Kier alpha value is -1.92. The number of benzene rings is 1. The van der Waals surface area contributed by atoms with Gasteiger partial charge in [0.05, 0.1) is 18.1 Å². The van der Waals surface area contributed by atoms with Gasteiger partial charge in [0.15, 0.2) is 0 Å². The van der Waals surface area contributed by atoms with Crippen molar-refractivity contribution in [1.29, 1.82) is 0 Å². The molecule has 2 saturated carbocycles. The second-order valence-corrected chi connectivity index (χ2v) is 8.82. The summed E-state index contributed by atoms with van der Waals surface area (Å²) in [6.45, 7) is 5.68. The van der Waals surface area contributed by atoms with Gasteiger partial charge in [-0.3, -0.25) is 9.59 Å². The maximum Gasteiger partial charge on any atom is 0.254 e. The van der Waals surface area contributed by atoms with Crippen LogP contribution in [0.4, 0.5) is 0 Å². The second-order valence-electron chi connectivity index (χ2n) is 8.82. The molecule has 0 spiro atoms. The molecule has 3 N–H and O–H groups in total. The van der Waals surface area contributed by atoms with E-state index in [0.717, 1.165) is 18.4 Å². The highest BCUT2D eigenvalue weighted by atomic mass is 16.5. The van der Waals surface area contributed by atoms with E-state index in [-0.39, 0.29) is 36.0 Å². The summed E-state index contributed by atoms with van der Waals surface area (Å²) in [7, 11) is 0. The molecule has 3 aliphatic rings. The largest absolute Gasteiger partial charge is 0.372 e. The van der Waals surface area contributed by atoms with Gasteiger partial charge in [-0.15, -0.1) is 0 Å². The highest BCUT2D eigenvalue weighted by molar-refractivity contribution is 5.94. The lowest BCUT2D eigenvalue weighted by Crippen LogP contribution is -2.48. The van der Waals surface area contributed by atoms with Gasteiger partial charge in [0.2, 0.25) is 5.91 Å². The summed E-state index contributed by atoms with van der Waals surface area (Å²) < 4.78 is 5.70. The first-order valence-electron chi connectivity index (χ1n) is 10.5. The molecule has 6 heteroatoms. The van der Waals surface area contributed by atoms with Crippen LogP contribution in [0.2, 0.25) is 0 Å². The van der Waals surface area contributed by atoms with Gasteiger partial charge in [-0.1, -0.05) is 12.1 Å². The van der Waals surface area contributed by atoms with E-state index in [1.54, 1.807) is 0 Å². The number of morpholine rings is 1. The van der Waals surface area contributed by atoms with Crippen LogP contribution in [0, 0.1) is 17.8 Å². The number of amides is 2. The van der Waals surface area contributed by atoms with Crippen molar-refractivity contribution in [2.45, 2.75) is 57.9 Å². The fraction of sp³-hybridized carbons (Fsp3) is 0.636. The molecule has 1 heterocycles. The summed E-state index contributed by atoms with van der Waals surface area (Å²) in [5.41, 5.74) is 7.93. The van der Waals surface area contributed by atoms with Crippen molar-refractivity contribution in [3.05, 3.63) is 35.4 Å². The first kappa shape index (κ1) is 19.4. The minimum Gasteiger partial charge on any atom is -0.372 e. The van der Waals surface area contributed by atoms with Crippen molar-refractivity contribution in [3.63, 3.8) is 0 Å². The normalized spacial score (nSPS) is 34.5. The van der Waals surface area contributed by atoms with E-state index < -0.39 is 0 Å². The zero-order chi connectivity index (χ0) is 19.8. The Kier molecular flexibility index (Phi) is 5.43. The fourth-order valence-corrected chi connectivity index (χ4v) is 5.32. The first-order chi connectivity index (χ1) is 13.4. The Morgan fingerprint density at radius 1 is 1.11 bits per heavy atom. The van der Waals surface area contributed by atoms with E-state index in [0.29, 0.717) is 37.0 Å². The standard InChI is InChI=1S/C22H31N3O3/c1-13-11-25(12-14(2)28-13)22(27)16-5-3-15(4-6-16)10-24-21(26)19-17-7-8-18(9-17)20(19)23/h3-6,13-14,17-20H,7-12,23H2,1-2H3,(H,24,26). The average Bonchev–Trinajstić information content (AvgIpc) is 3.26. The molecule has 0 aromatic heterocycles. The lowest BCUT2D eigenvalue weighted by atomic mass is 9.84. The smallest absolute Gasteiger partial charge is 0.254 e. The molecule has 4 rings (SSSR count). The summed E-state index contributed by atoms with van der Waals surface area (Å²) in [6, 6.07) is 7.54. The SMILES string of the molecule is CC1CN(C(=O)c2ccc(CNC(=O)C3C4CCC(C4)C3N)cc2)CC(C)O1. The van der Waals surface area contributed by atoms with E-state index in [4.69, 9.17) is 10.5 Å². The van der Waals surface area contributed by atoms with Crippen molar-refractivity contribution in [2.24, 2.45) is 23.5 Å². The van der Waals surface area contributed by atoms with Gasteiger partial charge in [0.1, 0.15) is 0 Å². The molecule has 6 atom stereocenters. The average molecular weight is 386 g/mol. The van der Waals surface area contributed by atoms with Crippen molar-refractivity contribution in [1.82, 2.24) is 10.2 Å². The van der Waals surface area contributed by atoms with E-state index in [1.165, 1.54) is 6.42 Å². The third-order valence-corrected chi connectivity index (χ3v) is 6.66. The van der Waals surface area contributed by atoms with E-state index in [2.05, 4.69) is 5.32 Å².